The zero-order valence-corrected chi connectivity index (χ0v) is 14.3. The first-order chi connectivity index (χ1) is 10.6. The molecule has 1 aromatic carbocycles. The van der Waals surface area contributed by atoms with Crippen molar-refractivity contribution in [3.05, 3.63) is 41.5 Å². The molecule has 0 aliphatic heterocycles. The van der Waals surface area contributed by atoms with Crippen LogP contribution in [0, 0.1) is 5.41 Å². The van der Waals surface area contributed by atoms with E-state index in [2.05, 4.69) is 15.9 Å². The topological polar surface area (TPSA) is 52.6 Å². The van der Waals surface area contributed by atoms with Gasteiger partial charge in [0.15, 0.2) is 5.41 Å². The number of hydrogen-bond acceptors (Lipinski definition) is 4. The minimum atomic E-state index is -1.40. The maximum Gasteiger partial charge on any atom is 0.327 e. The van der Waals surface area contributed by atoms with Crippen LogP contribution in [0.3, 0.4) is 0 Å². The normalized spacial score (nSPS) is 15.5. The molecule has 22 heavy (non-hydrogen) atoms. The highest BCUT2D eigenvalue weighted by atomic mass is 79.9. The van der Waals surface area contributed by atoms with Crippen LogP contribution in [0.25, 0.3) is 5.57 Å². The average Bonchev–Trinajstić information content (AvgIpc) is 2.54. The monoisotopic (exact) mass is 366 g/mol. The van der Waals surface area contributed by atoms with Gasteiger partial charge in [-0.15, -0.1) is 0 Å². The molecule has 0 atom stereocenters. The summed E-state index contributed by atoms with van der Waals surface area (Å²) in [6, 6.07) is 7.76. The van der Waals surface area contributed by atoms with Crippen LogP contribution < -0.4 is 0 Å². The van der Waals surface area contributed by atoms with Gasteiger partial charge in [-0.1, -0.05) is 46.3 Å². The SMILES string of the molecule is CCOC(=O)C1(C(=O)OCC)C=C(CBr)c2ccccc2C1. The van der Waals surface area contributed by atoms with Gasteiger partial charge < -0.3 is 9.47 Å². The van der Waals surface area contributed by atoms with Gasteiger partial charge in [-0.25, -0.2) is 0 Å². The van der Waals surface area contributed by atoms with E-state index < -0.39 is 17.4 Å². The highest BCUT2D eigenvalue weighted by Gasteiger charge is 2.49. The third-order valence-corrected chi connectivity index (χ3v) is 4.28. The molecular weight excluding hydrogens is 348 g/mol. The molecule has 0 saturated heterocycles. The number of carbonyl (C=O) groups excluding carboxylic acids is 2. The summed E-state index contributed by atoms with van der Waals surface area (Å²) in [5.41, 5.74) is 1.48. The molecule has 0 aromatic heterocycles. The molecule has 1 aliphatic rings. The summed E-state index contributed by atoms with van der Waals surface area (Å²) in [6.07, 6.45) is 1.96. The third kappa shape index (κ3) is 2.95. The molecule has 1 aliphatic carbocycles. The van der Waals surface area contributed by atoms with Crippen LogP contribution in [0.5, 0.6) is 0 Å². The van der Waals surface area contributed by atoms with Crippen molar-refractivity contribution >= 4 is 33.4 Å². The largest absolute Gasteiger partial charge is 0.465 e. The minimum absolute atomic E-state index is 0.221. The average molecular weight is 367 g/mol. The van der Waals surface area contributed by atoms with Crippen LogP contribution in [-0.2, 0) is 25.5 Å². The van der Waals surface area contributed by atoms with Crippen molar-refractivity contribution in [1.29, 1.82) is 0 Å². The summed E-state index contributed by atoms with van der Waals surface area (Å²) in [6.45, 7) is 3.89. The zero-order valence-electron chi connectivity index (χ0n) is 12.7. The number of ether oxygens (including phenoxy) is 2. The Morgan fingerprint density at radius 3 is 2.27 bits per heavy atom. The zero-order chi connectivity index (χ0) is 16.2. The standard InChI is InChI=1S/C17H19BrO4/c1-3-21-15(19)17(16(20)22-4-2)9-12-7-5-6-8-14(12)13(10-17)11-18/h5-8,10H,3-4,9,11H2,1-2H3. The molecule has 5 heteroatoms. The fourth-order valence-corrected chi connectivity index (χ4v) is 3.15. The second-order valence-corrected chi connectivity index (χ2v) is 5.61. The van der Waals surface area contributed by atoms with E-state index in [1.54, 1.807) is 19.9 Å². The summed E-state index contributed by atoms with van der Waals surface area (Å²) in [5.74, 6) is -1.11. The predicted octanol–water partition coefficient (Wildman–Crippen LogP) is 3.13. The van der Waals surface area contributed by atoms with E-state index in [0.29, 0.717) is 5.33 Å². The van der Waals surface area contributed by atoms with Gasteiger partial charge >= 0.3 is 11.9 Å². The van der Waals surface area contributed by atoms with Crippen LogP contribution in [0.2, 0.25) is 0 Å². The smallest absolute Gasteiger partial charge is 0.327 e. The Hall–Kier alpha value is -1.62. The van der Waals surface area contributed by atoms with Gasteiger partial charge in [-0.3, -0.25) is 9.59 Å². The van der Waals surface area contributed by atoms with Crippen LogP contribution >= 0.6 is 15.9 Å². The maximum atomic E-state index is 12.5. The van der Waals surface area contributed by atoms with Crippen molar-refractivity contribution in [3.63, 3.8) is 0 Å². The van der Waals surface area contributed by atoms with Gasteiger partial charge in [-0.05, 0) is 30.5 Å². The van der Waals surface area contributed by atoms with Crippen molar-refractivity contribution in [2.45, 2.75) is 20.3 Å². The van der Waals surface area contributed by atoms with Crippen molar-refractivity contribution < 1.29 is 19.1 Å². The molecule has 4 nitrogen and oxygen atoms in total. The van der Waals surface area contributed by atoms with E-state index in [1.165, 1.54) is 0 Å². The quantitative estimate of drug-likeness (QED) is 0.456. The summed E-state index contributed by atoms with van der Waals surface area (Å²) in [7, 11) is 0. The van der Waals surface area contributed by atoms with E-state index in [4.69, 9.17) is 9.47 Å². The molecule has 0 heterocycles. The number of benzene rings is 1. The number of esters is 2. The molecular formula is C17H19BrO4. The Morgan fingerprint density at radius 2 is 1.73 bits per heavy atom. The van der Waals surface area contributed by atoms with E-state index in [9.17, 15) is 9.59 Å². The van der Waals surface area contributed by atoms with Crippen molar-refractivity contribution in [2.24, 2.45) is 5.41 Å². The van der Waals surface area contributed by atoms with Gasteiger partial charge in [0.1, 0.15) is 0 Å². The second kappa shape index (κ2) is 7.09. The third-order valence-electron chi connectivity index (χ3n) is 3.68. The summed E-state index contributed by atoms with van der Waals surface area (Å²) in [4.78, 5) is 25.0. The molecule has 0 fully saturated rings. The number of alkyl halides is 1. The number of halogens is 1. The highest BCUT2D eigenvalue weighted by molar-refractivity contribution is 9.09. The van der Waals surface area contributed by atoms with E-state index in [-0.39, 0.29) is 19.6 Å². The van der Waals surface area contributed by atoms with Gasteiger partial charge in [-0.2, -0.15) is 0 Å². The van der Waals surface area contributed by atoms with Gasteiger partial charge in [0.25, 0.3) is 0 Å². The Kier molecular flexibility index (Phi) is 5.40. The Balaban J connectivity index is 2.55. The Bertz CT molecular complexity index is 588. The lowest BCUT2D eigenvalue weighted by Crippen LogP contribution is -2.44. The lowest BCUT2D eigenvalue weighted by molar-refractivity contribution is -0.168. The molecule has 0 amide bonds. The molecule has 0 radical (unpaired) electrons. The van der Waals surface area contributed by atoms with Crippen LogP contribution in [-0.4, -0.2) is 30.5 Å². The molecule has 118 valence electrons. The molecule has 0 spiro atoms. The maximum absolute atomic E-state index is 12.5. The van der Waals surface area contributed by atoms with E-state index >= 15 is 0 Å². The first kappa shape index (κ1) is 16.7. The highest BCUT2D eigenvalue weighted by Crippen LogP contribution is 2.39. The molecule has 2 rings (SSSR count). The van der Waals surface area contributed by atoms with Gasteiger partial charge in [0, 0.05) is 11.8 Å². The van der Waals surface area contributed by atoms with Gasteiger partial charge in [0.2, 0.25) is 0 Å². The lowest BCUT2D eigenvalue weighted by atomic mass is 9.73. The molecule has 0 unspecified atom stereocenters. The Labute approximate surface area is 138 Å². The minimum Gasteiger partial charge on any atom is -0.465 e. The van der Waals surface area contributed by atoms with Crippen LogP contribution in [0.4, 0.5) is 0 Å². The number of allylic oxidation sites excluding steroid dienone is 1. The molecule has 0 saturated carbocycles. The Morgan fingerprint density at radius 1 is 1.14 bits per heavy atom. The first-order valence-electron chi connectivity index (χ1n) is 7.29. The van der Waals surface area contributed by atoms with Crippen molar-refractivity contribution in [1.82, 2.24) is 0 Å². The summed E-state index contributed by atoms with van der Waals surface area (Å²) < 4.78 is 10.3. The number of fused-ring (bicyclic) bond motifs is 1. The summed E-state index contributed by atoms with van der Waals surface area (Å²) >= 11 is 3.44. The number of hydrogen-bond donors (Lipinski definition) is 0. The number of carbonyl (C=O) groups is 2. The van der Waals surface area contributed by atoms with Gasteiger partial charge in [0.05, 0.1) is 13.2 Å². The fraction of sp³-hybridized carbons (Fsp3) is 0.412. The number of rotatable bonds is 5. The second-order valence-electron chi connectivity index (χ2n) is 5.05. The molecule has 0 N–H and O–H groups in total. The molecule has 1 aromatic rings. The lowest BCUT2D eigenvalue weighted by Gasteiger charge is -2.32. The van der Waals surface area contributed by atoms with E-state index in [1.807, 2.05) is 24.3 Å². The first-order valence-corrected chi connectivity index (χ1v) is 8.41. The van der Waals surface area contributed by atoms with Crippen LogP contribution in [0.1, 0.15) is 25.0 Å². The van der Waals surface area contributed by atoms with Crippen molar-refractivity contribution in [3.8, 4) is 0 Å². The predicted molar refractivity (Wildman–Crippen MR) is 87.6 cm³/mol. The van der Waals surface area contributed by atoms with E-state index in [0.717, 1.165) is 16.7 Å². The fourth-order valence-electron chi connectivity index (χ4n) is 2.69. The van der Waals surface area contributed by atoms with Crippen molar-refractivity contribution in [2.75, 3.05) is 18.5 Å². The molecule has 0 bridgehead atoms. The van der Waals surface area contributed by atoms with Crippen LogP contribution in [0.15, 0.2) is 30.3 Å². The summed E-state index contributed by atoms with van der Waals surface area (Å²) in [5, 5.41) is 0.546.